The monoisotopic (exact) mass is 246 g/mol. The standard InChI is InChI=1S/C16H26N2/c1-3-16(14-8-5-4-6-9-14)18(2)15-10-7-12-17-13-11-15/h4-6,8-9,15-17H,3,7,10-13H2,1-2H3. The van der Waals surface area contributed by atoms with Crippen molar-refractivity contribution in [3.63, 3.8) is 0 Å². The molecule has 1 aromatic carbocycles. The second kappa shape index (κ2) is 6.91. The van der Waals surface area contributed by atoms with Gasteiger partial charge in [0.05, 0.1) is 0 Å². The molecule has 0 amide bonds. The van der Waals surface area contributed by atoms with Crippen LogP contribution in [-0.4, -0.2) is 31.1 Å². The minimum Gasteiger partial charge on any atom is -0.317 e. The SMILES string of the molecule is CCC(c1ccccc1)N(C)C1CCCNCC1. The number of hydrogen-bond donors (Lipinski definition) is 1. The number of rotatable bonds is 4. The fraction of sp³-hybridized carbons (Fsp3) is 0.625. The van der Waals surface area contributed by atoms with Gasteiger partial charge in [-0.2, -0.15) is 0 Å². The van der Waals surface area contributed by atoms with Gasteiger partial charge in [-0.25, -0.2) is 0 Å². The lowest BCUT2D eigenvalue weighted by molar-refractivity contribution is 0.156. The molecule has 2 unspecified atom stereocenters. The van der Waals surface area contributed by atoms with E-state index in [1.165, 1.54) is 44.3 Å². The van der Waals surface area contributed by atoms with Crippen LogP contribution < -0.4 is 5.32 Å². The van der Waals surface area contributed by atoms with E-state index in [0.29, 0.717) is 6.04 Å². The van der Waals surface area contributed by atoms with E-state index < -0.39 is 0 Å². The van der Waals surface area contributed by atoms with E-state index in [2.05, 4.69) is 54.5 Å². The summed E-state index contributed by atoms with van der Waals surface area (Å²) in [5.74, 6) is 0. The van der Waals surface area contributed by atoms with Crippen LogP contribution in [0.2, 0.25) is 0 Å². The topological polar surface area (TPSA) is 15.3 Å². The highest BCUT2D eigenvalue weighted by atomic mass is 15.2. The second-order valence-electron chi connectivity index (χ2n) is 5.33. The van der Waals surface area contributed by atoms with E-state index >= 15 is 0 Å². The van der Waals surface area contributed by atoms with Crippen molar-refractivity contribution in [3.05, 3.63) is 35.9 Å². The molecule has 1 saturated heterocycles. The number of nitrogens with one attached hydrogen (secondary N) is 1. The summed E-state index contributed by atoms with van der Waals surface area (Å²) in [5, 5.41) is 3.50. The predicted octanol–water partition coefficient (Wildman–Crippen LogP) is 3.21. The summed E-state index contributed by atoms with van der Waals surface area (Å²) in [6.07, 6.45) is 5.09. The fourth-order valence-electron chi connectivity index (χ4n) is 3.10. The maximum Gasteiger partial charge on any atom is 0.0345 e. The summed E-state index contributed by atoms with van der Waals surface area (Å²) < 4.78 is 0. The molecule has 1 aliphatic heterocycles. The van der Waals surface area contributed by atoms with Gasteiger partial charge in [-0.3, -0.25) is 4.90 Å². The third-order valence-corrected chi connectivity index (χ3v) is 4.18. The van der Waals surface area contributed by atoms with Crippen molar-refractivity contribution in [3.8, 4) is 0 Å². The van der Waals surface area contributed by atoms with Crippen LogP contribution in [0.25, 0.3) is 0 Å². The zero-order chi connectivity index (χ0) is 12.8. The largest absolute Gasteiger partial charge is 0.317 e. The molecular weight excluding hydrogens is 220 g/mol. The molecule has 1 heterocycles. The van der Waals surface area contributed by atoms with Crippen LogP contribution in [0.4, 0.5) is 0 Å². The van der Waals surface area contributed by atoms with E-state index in [4.69, 9.17) is 0 Å². The van der Waals surface area contributed by atoms with Gasteiger partial charge < -0.3 is 5.32 Å². The molecule has 100 valence electrons. The van der Waals surface area contributed by atoms with Crippen molar-refractivity contribution in [1.82, 2.24) is 10.2 Å². The zero-order valence-corrected chi connectivity index (χ0v) is 11.7. The Labute approximate surface area is 111 Å². The van der Waals surface area contributed by atoms with Crippen LogP contribution >= 0.6 is 0 Å². The van der Waals surface area contributed by atoms with E-state index in [1.54, 1.807) is 0 Å². The normalized spacial score (nSPS) is 22.7. The summed E-state index contributed by atoms with van der Waals surface area (Å²) >= 11 is 0. The lowest BCUT2D eigenvalue weighted by Gasteiger charge is -2.34. The van der Waals surface area contributed by atoms with E-state index in [-0.39, 0.29) is 0 Å². The molecule has 1 aromatic rings. The lowest BCUT2D eigenvalue weighted by atomic mass is 9.99. The van der Waals surface area contributed by atoms with Gasteiger partial charge in [0.2, 0.25) is 0 Å². The molecule has 2 heteroatoms. The third kappa shape index (κ3) is 3.33. The Morgan fingerprint density at radius 3 is 2.72 bits per heavy atom. The molecule has 1 aliphatic rings. The van der Waals surface area contributed by atoms with Crippen molar-refractivity contribution >= 4 is 0 Å². The Hall–Kier alpha value is -0.860. The first-order valence-corrected chi connectivity index (χ1v) is 7.30. The maximum absolute atomic E-state index is 3.50. The first-order valence-electron chi connectivity index (χ1n) is 7.30. The Kier molecular flexibility index (Phi) is 5.21. The van der Waals surface area contributed by atoms with Crippen LogP contribution in [-0.2, 0) is 0 Å². The van der Waals surface area contributed by atoms with Crippen LogP contribution in [0.5, 0.6) is 0 Å². The van der Waals surface area contributed by atoms with Crippen LogP contribution in [0.1, 0.15) is 44.2 Å². The maximum atomic E-state index is 3.50. The second-order valence-corrected chi connectivity index (χ2v) is 5.33. The minimum atomic E-state index is 0.564. The molecule has 0 radical (unpaired) electrons. The molecule has 0 saturated carbocycles. The van der Waals surface area contributed by atoms with Gasteiger partial charge >= 0.3 is 0 Å². The molecule has 2 rings (SSSR count). The van der Waals surface area contributed by atoms with Gasteiger partial charge in [-0.1, -0.05) is 37.3 Å². The summed E-state index contributed by atoms with van der Waals surface area (Å²) in [6.45, 7) is 4.65. The Morgan fingerprint density at radius 1 is 1.22 bits per heavy atom. The van der Waals surface area contributed by atoms with Crippen molar-refractivity contribution in [1.29, 1.82) is 0 Å². The zero-order valence-electron chi connectivity index (χ0n) is 11.7. The summed E-state index contributed by atoms with van der Waals surface area (Å²) in [4.78, 5) is 2.60. The summed E-state index contributed by atoms with van der Waals surface area (Å²) in [6, 6.07) is 12.2. The van der Waals surface area contributed by atoms with Crippen molar-refractivity contribution in [2.75, 3.05) is 20.1 Å². The van der Waals surface area contributed by atoms with Crippen LogP contribution in [0, 0.1) is 0 Å². The van der Waals surface area contributed by atoms with Gasteiger partial charge in [0.1, 0.15) is 0 Å². The molecule has 1 fully saturated rings. The fourth-order valence-corrected chi connectivity index (χ4v) is 3.10. The number of benzene rings is 1. The molecule has 0 aromatic heterocycles. The van der Waals surface area contributed by atoms with Crippen LogP contribution in [0.3, 0.4) is 0 Å². The Bertz CT molecular complexity index is 328. The molecule has 1 N–H and O–H groups in total. The molecule has 2 atom stereocenters. The molecular formula is C16H26N2. The first-order chi connectivity index (χ1) is 8.83. The van der Waals surface area contributed by atoms with E-state index in [0.717, 1.165) is 6.04 Å². The van der Waals surface area contributed by atoms with E-state index in [9.17, 15) is 0 Å². The predicted molar refractivity (Wildman–Crippen MR) is 77.7 cm³/mol. The Morgan fingerprint density at radius 2 is 2.00 bits per heavy atom. The average molecular weight is 246 g/mol. The van der Waals surface area contributed by atoms with Crippen molar-refractivity contribution in [2.24, 2.45) is 0 Å². The van der Waals surface area contributed by atoms with Crippen molar-refractivity contribution in [2.45, 2.75) is 44.7 Å². The molecule has 2 nitrogen and oxygen atoms in total. The molecule has 18 heavy (non-hydrogen) atoms. The highest BCUT2D eigenvalue weighted by molar-refractivity contribution is 5.19. The van der Waals surface area contributed by atoms with Crippen molar-refractivity contribution < 1.29 is 0 Å². The number of nitrogens with zero attached hydrogens (tertiary/aromatic N) is 1. The molecule has 0 spiro atoms. The van der Waals surface area contributed by atoms with Gasteiger partial charge in [0.25, 0.3) is 0 Å². The Balaban J connectivity index is 2.06. The lowest BCUT2D eigenvalue weighted by Crippen LogP contribution is -2.35. The number of hydrogen-bond acceptors (Lipinski definition) is 2. The first kappa shape index (κ1) is 13.6. The third-order valence-electron chi connectivity index (χ3n) is 4.18. The molecule has 0 bridgehead atoms. The summed E-state index contributed by atoms with van der Waals surface area (Å²) in [5.41, 5.74) is 1.46. The smallest absolute Gasteiger partial charge is 0.0345 e. The van der Waals surface area contributed by atoms with E-state index in [1.807, 2.05) is 0 Å². The van der Waals surface area contributed by atoms with Gasteiger partial charge in [0.15, 0.2) is 0 Å². The van der Waals surface area contributed by atoms with Gasteiger partial charge in [-0.05, 0) is 51.4 Å². The summed E-state index contributed by atoms with van der Waals surface area (Å²) in [7, 11) is 2.30. The highest BCUT2D eigenvalue weighted by Crippen LogP contribution is 2.27. The highest BCUT2D eigenvalue weighted by Gasteiger charge is 2.23. The van der Waals surface area contributed by atoms with Gasteiger partial charge in [-0.15, -0.1) is 0 Å². The average Bonchev–Trinajstić information content (AvgIpc) is 2.69. The van der Waals surface area contributed by atoms with Crippen LogP contribution in [0.15, 0.2) is 30.3 Å². The quantitative estimate of drug-likeness (QED) is 0.877. The van der Waals surface area contributed by atoms with Gasteiger partial charge in [0, 0.05) is 12.1 Å². The molecule has 0 aliphatic carbocycles. The minimum absolute atomic E-state index is 0.564.